The van der Waals surface area contributed by atoms with Gasteiger partial charge >= 0.3 is 58.9 Å². The van der Waals surface area contributed by atoms with Gasteiger partial charge in [0.05, 0.1) is 6.61 Å². The topological polar surface area (TPSA) is 442 Å². The smallest absolute Gasteiger partial charge is 0.462 e. The zero-order valence-electron chi connectivity index (χ0n) is 30.1. The van der Waals surface area contributed by atoms with Gasteiger partial charge in [-0.15, -0.1) is 0 Å². The number of carbonyl (C=O) groups is 2. The lowest BCUT2D eigenvalue weighted by atomic mass is 9.85. The van der Waals surface area contributed by atoms with Gasteiger partial charge in [0.15, 0.2) is 6.10 Å². The van der Waals surface area contributed by atoms with Crippen LogP contribution in [0.15, 0.2) is 0 Å². The second-order valence-corrected chi connectivity index (χ2v) is 19.4. The molecule has 3 unspecified atom stereocenters. The minimum atomic E-state index is -6.17. The fourth-order valence-electron chi connectivity index (χ4n) is 5.01. The van der Waals surface area contributed by atoms with Crippen LogP contribution in [0.25, 0.3) is 0 Å². The van der Waals surface area contributed by atoms with Gasteiger partial charge in [0.1, 0.15) is 43.2 Å². The highest BCUT2D eigenvalue weighted by atomic mass is 31.2. The standard InChI is InChI=1S/C23H48O28P6/c1-3-5-7-9-11-16(24)43-13-15(45-17(25)12-10-8-6-4-2)14-44-57(41,42)51-23-21(49-55(35,36)37)19(47-53(29,30)31)18(46-52(26,27)28)20(48-54(32,33)34)22(23)50-56(38,39)40/h15,18-23H,3-14H2,1-2H3,(H,41,42)(H2,26,27,28)(H2,29,30,31)(H2,32,33,34)(H2,35,36,37)(H2,38,39,40)/t15-,18?,19-,20+,21+,22+,23?/m1/s1. The van der Waals surface area contributed by atoms with Gasteiger partial charge in [-0.25, -0.2) is 27.4 Å². The predicted octanol–water partition coefficient (Wildman–Crippen LogP) is 1.29. The van der Waals surface area contributed by atoms with Gasteiger partial charge in [0.25, 0.3) is 0 Å². The number of carbonyl (C=O) groups excluding carboxylic acids is 2. The first kappa shape index (κ1) is 54.6. The number of phosphoric ester groups is 6. The normalized spacial score (nSPS) is 24.1. The summed E-state index contributed by atoms with van der Waals surface area (Å²) in [5.41, 5.74) is 0. The molecule has 1 aliphatic carbocycles. The number of rotatable bonds is 28. The summed E-state index contributed by atoms with van der Waals surface area (Å²) in [7, 11) is -36.9. The van der Waals surface area contributed by atoms with E-state index in [4.69, 9.17) is 18.5 Å². The lowest BCUT2D eigenvalue weighted by Crippen LogP contribution is -2.66. The van der Waals surface area contributed by atoms with Crippen molar-refractivity contribution in [3.63, 3.8) is 0 Å². The van der Waals surface area contributed by atoms with Crippen LogP contribution in [0, 0.1) is 0 Å². The molecule has 0 bridgehead atoms. The molecular formula is C23H48O28P6. The van der Waals surface area contributed by atoms with Crippen molar-refractivity contribution >= 4 is 58.9 Å². The van der Waals surface area contributed by atoms with Crippen LogP contribution >= 0.6 is 46.9 Å². The van der Waals surface area contributed by atoms with Crippen LogP contribution in [0.1, 0.15) is 78.1 Å². The highest BCUT2D eigenvalue weighted by Gasteiger charge is 2.63. The van der Waals surface area contributed by atoms with Gasteiger partial charge in [-0.1, -0.05) is 52.4 Å². The Morgan fingerprint density at radius 2 is 0.772 bits per heavy atom. The molecule has 0 spiro atoms. The van der Waals surface area contributed by atoms with Crippen molar-refractivity contribution in [1.82, 2.24) is 0 Å². The van der Waals surface area contributed by atoms with Crippen LogP contribution in [0.5, 0.6) is 0 Å². The number of hydrogen-bond donors (Lipinski definition) is 11. The Kier molecular flexibility index (Phi) is 22.7. The largest absolute Gasteiger partial charge is 0.472 e. The molecule has 1 saturated carbocycles. The van der Waals surface area contributed by atoms with E-state index in [-0.39, 0.29) is 12.8 Å². The molecule has 0 aromatic rings. The molecule has 0 saturated heterocycles. The Labute approximate surface area is 324 Å². The first-order valence-electron chi connectivity index (χ1n) is 16.6. The van der Waals surface area contributed by atoms with Gasteiger partial charge in [-0.3, -0.25) is 41.3 Å². The molecule has 338 valence electrons. The second-order valence-electron chi connectivity index (χ2n) is 12.1. The van der Waals surface area contributed by atoms with Crippen LogP contribution in [0.4, 0.5) is 0 Å². The fourth-order valence-corrected chi connectivity index (χ4v) is 8.76. The maximum Gasteiger partial charge on any atom is 0.472 e. The van der Waals surface area contributed by atoms with E-state index >= 15 is 0 Å². The van der Waals surface area contributed by atoms with E-state index < -0.39 is 115 Å². The monoisotopic (exact) mass is 958 g/mol. The molecule has 34 heteroatoms. The SMILES string of the molecule is CCCCCCC(=O)OC[C@H](COP(=O)(O)OC1[C@@H](OP(=O)(O)O)[C@H](OP(=O)(O)O)C(OP(=O)(O)O)[C@H](OP(=O)(O)O)[C@@H]1OP(=O)(O)O)OC(=O)CCCCCC. The molecule has 0 radical (unpaired) electrons. The van der Waals surface area contributed by atoms with Crippen LogP contribution in [0.3, 0.4) is 0 Å². The van der Waals surface area contributed by atoms with Gasteiger partial charge < -0.3 is 63.3 Å². The molecular weight excluding hydrogens is 910 g/mol. The molecule has 0 aliphatic heterocycles. The summed E-state index contributed by atoms with van der Waals surface area (Å²) in [5.74, 6) is -1.69. The third-order valence-corrected chi connectivity index (χ3v) is 10.7. The predicted molar refractivity (Wildman–Crippen MR) is 184 cm³/mol. The number of phosphoric acid groups is 6. The lowest BCUT2D eigenvalue weighted by Gasteiger charge is -2.48. The maximum atomic E-state index is 13.4. The van der Waals surface area contributed by atoms with Crippen molar-refractivity contribution in [3.8, 4) is 0 Å². The van der Waals surface area contributed by atoms with Crippen LogP contribution in [0.2, 0.25) is 0 Å². The average Bonchev–Trinajstić information content (AvgIpc) is 3.01. The second kappa shape index (κ2) is 23.7. The molecule has 0 aromatic carbocycles. The number of ether oxygens (including phenoxy) is 2. The molecule has 0 aromatic heterocycles. The van der Waals surface area contributed by atoms with Gasteiger partial charge in [-0.2, -0.15) is 0 Å². The Bertz CT molecular complexity index is 1500. The molecule has 1 fully saturated rings. The summed E-state index contributed by atoms with van der Waals surface area (Å²) in [5, 5.41) is 0. The van der Waals surface area contributed by atoms with Crippen molar-refractivity contribution in [2.24, 2.45) is 0 Å². The molecule has 28 nitrogen and oxygen atoms in total. The quantitative estimate of drug-likeness (QED) is 0.0299. The van der Waals surface area contributed by atoms with E-state index in [0.717, 1.165) is 25.7 Å². The van der Waals surface area contributed by atoms with Crippen LogP contribution in [-0.4, -0.2) is 122 Å². The summed E-state index contributed by atoms with van der Waals surface area (Å²) < 4.78 is 115. The van der Waals surface area contributed by atoms with Gasteiger partial charge in [-0.05, 0) is 12.8 Å². The van der Waals surface area contributed by atoms with Crippen molar-refractivity contribution in [3.05, 3.63) is 0 Å². The summed E-state index contributed by atoms with van der Waals surface area (Å²) in [4.78, 5) is 131. The molecule has 0 heterocycles. The molecule has 11 N–H and O–H groups in total. The lowest BCUT2D eigenvalue weighted by molar-refractivity contribution is -0.202. The third kappa shape index (κ3) is 24.6. The number of esters is 2. The van der Waals surface area contributed by atoms with E-state index in [1.165, 1.54) is 0 Å². The molecule has 1 aliphatic rings. The number of hydrogen-bond acceptors (Lipinski definition) is 17. The minimum Gasteiger partial charge on any atom is -0.462 e. The van der Waals surface area contributed by atoms with Crippen LogP contribution in [-0.2, 0) is 78.1 Å². The van der Waals surface area contributed by atoms with Gasteiger partial charge in [0, 0.05) is 12.8 Å². The van der Waals surface area contributed by atoms with E-state index in [1.54, 1.807) is 0 Å². The zero-order chi connectivity index (χ0) is 44.0. The van der Waals surface area contributed by atoms with E-state index in [1.807, 2.05) is 13.8 Å². The van der Waals surface area contributed by atoms with Gasteiger partial charge in [0.2, 0.25) is 0 Å². The third-order valence-electron chi connectivity index (χ3n) is 7.11. The van der Waals surface area contributed by atoms with Crippen molar-refractivity contribution in [1.29, 1.82) is 0 Å². The minimum absolute atomic E-state index is 0.0772. The summed E-state index contributed by atoms with van der Waals surface area (Å²) in [6, 6.07) is 0. The first-order chi connectivity index (χ1) is 25.9. The molecule has 8 atom stereocenters. The Morgan fingerprint density at radius 3 is 1.09 bits per heavy atom. The Hall–Kier alpha value is -0.400. The summed E-state index contributed by atoms with van der Waals surface area (Å²) in [6.07, 6.45) is -16.1. The molecule has 0 amide bonds. The number of unbranched alkanes of at least 4 members (excludes halogenated alkanes) is 6. The Morgan fingerprint density at radius 1 is 0.456 bits per heavy atom. The van der Waals surface area contributed by atoms with Crippen LogP contribution < -0.4 is 0 Å². The Balaban J connectivity index is 3.74. The molecule has 1 rings (SSSR count). The van der Waals surface area contributed by atoms with Crippen molar-refractivity contribution < 1.29 is 132 Å². The van der Waals surface area contributed by atoms with E-state index in [9.17, 15) is 90.8 Å². The van der Waals surface area contributed by atoms with Crippen molar-refractivity contribution in [2.75, 3.05) is 13.2 Å². The highest BCUT2D eigenvalue weighted by molar-refractivity contribution is 7.48. The maximum absolute atomic E-state index is 13.4. The summed E-state index contributed by atoms with van der Waals surface area (Å²) >= 11 is 0. The first-order valence-corrected chi connectivity index (χ1v) is 25.7. The zero-order valence-corrected chi connectivity index (χ0v) is 35.4. The molecule has 57 heavy (non-hydrogen) atoms. The van der Waals surface area contributed by atoms with E-state index in [0.29, 0.717) is 25.7 Å². The van der Waals surface area contributed by atoms with Crippen molar-refractivity contribution in [2.45, 2.75) is 121 Å². The summed E-state index contributed by atoms with van der Waals surface area (Å²) in [6.45, 7) is 1.78. The average molecular weight is 958 g/mol. The van der Waals surface area contributed by atoms with E-state index in [2.05, 4.69) is 22.6 Å². The highest BCUT2D eigenvalue weighted by Crippen LogP contribution is 2.58. The fraction of sp³-hybridized carbons (Fsp3) is 0.913.